The van der Waals surface area contributed by atoms with Crippen molar-refractivity contribution in [2.24, 2.45) is 0 Å². The van der Waals surface area contributed by atoms with Crippen molar-refractivity contribution in [1.29, 1.82) is 0 Å². The van der Waals surface area contributed by atoms with Crippen molar-refractivity contribution in [2.75, 3.05) is 0 Å². The van der Waals surface area contributed by atoms with Gasteiger partial charge in [0.2, 0.25) is 0 Å². The highest BCUT2D eigenvalue weighted by Crippen LogP contribution is 2.05. The molecule has 1 aromatic heterocycles. The first-order valence-electron chi connectivity index (χ1n) is 6.31. The first-order valence-corrected chi connectivity index (χ1v) is 6.31. The second kappa shape index (κ2) is 9.70. The molecule has 15 heavy (non-hydrogen) atoms. The van der Waals surface area contributed by atoms with Crippen LogP contribution in [0.15, 0.2) is 18.2 Å². The molecule has 0 saturated carbocycles. The predicted molar refractivity (Wildman–Crippen MR) is 68.2 cm³/mol. The Morgan fingerprint density at radius 1 is 1.00 bits per heavy atom. The van der Waals surface area contributed by atoms with Gasteiger partial charge in [0.1, 0.15) is 0 Å². The van der Waals surface area contributed by atoms with Gasteiger partial charge in [-0.15, -0.1) is 0 Å². The van der Waals surface area contributed by atoms with Crippen LogP contribution in [0.5, 0.6) is 0 Å². The third-order valence-corrected chi connectivity index (χ3v) is 2.26. The number of unbranched alkanes of at least 4 members (excludes halogenated alkanes) is 2. The van der Waals surface area contributed by atoms with Crippen LogP contribution in [0.25, 0.3) is 0 Å². The molecule has 0 aliphatic heterocycles. The molecule has 1 aromatic rings. The Morgan fingerprint density at radius 2 is 1.67 bits per heavy atom. The number of aromatic nitrogens is 1. The molecule has 0 amide bonds. The summed E-state index contributed by atoms with van der Waals surface area (Å²) < 4.78 is 0. The van der Waals surface area contributed by atoms with Gasteiger partial charge in [-0.05, 0) is 31.4 Å². The Balaban J connectivity index is 0.000000921. The number of nitrogens with zero attached hydrogens (tertiary/aromatic N) is 1. The van der Waals surface area contributed by atoms with Crippen molar-refractivity contribution in [3.05, 3.63) is 29.6 Å². The maximum Gasteiger partial charge on any atom is 0.0406 e. The summed E-state index contributed by atoms with van der Waals surface area (Å²) >= 11 is 0. The van der Waals surface area contributed by atoms with E-state index in [0.29, 0.717) is 0 Å². The molecule has 0 aliphatic carbocycles. The standard InChI is InChI=1S/C12H19N.C2H6/c1-3-5-6-8-12-10-7-9-11(4-2)13-12;1-2/h7,9-10H,3-6,8H2,1-2H3;1-2H3. The molecule has 1 rings (SSSR count). The second-order valence-corrected chi connectivity index (χ2v) is 3.43. The number of pyridine rings is 1. The molecule has 0 fully saturated rings. The van der Waals surface area contributed by atoms with Gasteiger partial charge in [-0.3, -0.25) is 4.98 Å². The number of hydrogen-bond donors (Lipinski definition) is 0. The molecule has 0 bridgehead atoms. The van der Waals surface area contributed by atoms with Gasteiger partial charge in [0.05, 0.1) is 0 Å². The van der Waals surface area contributed by atoms with E-state index < -0.39 is 0 Å². The molecule has 0 saturated heterocycles. The number of aryl methyl sites for hydroxylation is 2. The van der Waals surface area contributed by atoms with Crippen LogP contribution in [-0.4, -0.2) is 4.98 Å². The Morgan fingerprint density at radius 3 is 2.27 bits per heavy atom. The topological polar surface area (TPSA) is 12.9 Å². The second-order valence-electron chi connectivity index (χ2n) is 3.43. The fraction of sp³-hybridized carbons (Fsp3) is 0.643. The predicted octanol–water partition coefficient (Wildman–Crippen LogP) is 4.40. The summed E-state index contributed by atoms with van der Waals surface area (Å²) in [7, 11) is 0. The number of hydrogen-bond acceptors (Lipinski definition) is 1. The maximum atomic E-state index is 4.56. The van der Waals surface area contributed by atoms with Crippen LogP contribution in [-0.2, 0) is 12.8 Å². The largest absolute Gasteiger partial charge is 0.258 e. The molecule has 1 nitrogen and oxygen atoms in total. The monoisotopic (exact) mass is 207 g/mol. The van der Waals surface area contributed by atoms with E-state index in [9.17, 15) is 0 Å². The van der Waals surface area contributed by atoms with Crippen LogP contribution in [0, 0.1) is 0 Å². The molecule has 0 spiro atoms. The highest BCUT2D eigenvalue weighted by atomic mass is 14.7. The van der Waals surface area contributed by atoms with Crippen molar-refractivity contribution in [3.8, 4) is 0 Å². The van der Waals surface area contributed by atoms with Crippen molar-refractivity contribution in [3.63, 3.8) is 0 Å². The zero-order chi connectivity index (χ0) is 11.5. The Kier molecular flexibility index (Phi) is 9.15. The summed E-state index contributed by atoms with van der Waals surface area (Å²) in [6.45, 7) is 8.38. The van der Waals surface area contributed by atoms with E-state index in [1.807, 2.05) is 13.8 Å². The quantitative estimate of drug-likeness (QED) is 0.652. The third-order valence-electron chi connectivity index (χ3n) is 2.26. The van der Waals surface area contributed by atoms with Crippen LogP contribution in [0.4, 0.5) is 0 Å². The summed E-state index contributed by atoms with van der Waals surface area (Å²) in [5.74, 6) is 0. The summed E-state index contributed by atoms with van der Waals surface area (Å²) in [5.41, 5.74) is 2.47. The van der Waals surface area contributed by atoms with E-state index in [1.165, 1.54) is 30.7 Å². The van der Waals surface area contributed by atoms with Crippen molar-refractivity contribution < 1.29 is 0 Å². The van der Waals surface area contributed by atoms with E-state index in [2.05, 4.69) is 37.0 Å². The van der Waals surface area contributed by atoms with Crippen LogP contribution in [0.1, 0.15) is 58.3 Å². The minimum absolute atomic E-state index is 1.04. The van der Waals surface area contributed by atoms with Gasteiger partial charge in [0, 0.05) is 11.4 Å². The van der Waals surface area contributed by atoms with E-state index in [-0.39, 0.29) is 0 Å². The summed E-state index contributed by atoms with van der Waals surface area (Å²) in [5, 5.41) is 0. The van der Waals surface area contributed by atoms with Gasteiger partial charge >= 0.3 is 0 Å². The first kappa shape index (κ1) is 14.2. The molecular weight excluding hydrogens is 182 g/mol. The average molecular weight is 207 g/mol. The number of rotatable bonds is 5. The minimum atomic E-state index is 1.04. The molecule has 86 valence electrons. The lowest BCUT2D eigenvalue weighted by atomic mass is 10.1. The van der Waals surface area contributed by atoms with Gasteiger partial charge in [-0.1, -0.05) is 46.6 Å². The van der Waals surface area contributed by atoms with Crippen molar-refractivity contribution in [1.82, 2.24) is 4.98 Å². The summed E-state index contributed by atoms with van der Waals surface area (Å²) in [6.07, 6.45) is 6.06. The van der Waals surface area contributed by atoms with Gasteiger partial charge in [-0.25, -0.2) is 0 Å². The Hall–Kier alpha value is -0.850. The zero-order valence-electron chi connectivity index (χ0n) is 10.7. The van der Waals surface area contributed by atoms with E-state index in [0.717, 1.165) is 12.8 Å². The van der Waals surface area contributed by atoms with Crippen molar-refractivity contribution >= 4 is 0 Å². The van der Waals surface area contributed by atoms with E-state index in [4.69, 9.17) is 0 Å². The van der Waals surface area contributed by atoms with E-state index in [1.54, 1.807) is 0 Å². The fourth-order valence-electron chi connectivity index (χ4n) is 1.42. The molecule has 0 aromatic carbocycles. The lowest BCUT2D eigenvalue weighted by Crippen LogP contribution is -1.94. The van der Waals surface area contributed by atoms with Crippen LogP contribution in [0.2, 0.25) is 0 Å². The Labute approximate surface area is 94.9 Å². The molecule has 0 unspecified atom stereocenters. The normalized spacial score (nSPS) is 9.33. The average Bonchev–Trinajstić information content (AvgIpc) is 2.32. The Bertz CT molecular complexity index is 243. The lowest BCUT2D eigenvalue weighted by Gasteiger charge is -2.01. The van der Waals surface area contributed by atoms with Gasteiger partial charge in [0.25, 0.3) is 0 Å². The third kappa shape index (κ3) is 6.27. The maximum absolute atomic E-state index is 4.56. The summed E-state index contributed by atoms with van der Waals surface area (Å²) in [4.78, 5) is 4.56. The molecule has 0 atom stereocenters. The van der Waals surface area contributed by atoms with Crippen LogP contribution < -0.4 is 0 Å². The van der Waals surface area contributed by atoms with E-state index >= 15 is 0 Å². The first-order chi connectivity index (χ1) is 7.36. The lowest BCUT2D eigenvalue weighted by molar-refractivity contribution is 0.705. The highest BCUT2D eigenvalue weighted by molar-refractivity contribution is 5.11. The van der Waals surface area contributed by atoms with Crippen molar-refractivity contribution in [2.45, 2.75) is 59.8 Å². The zero-order valence-corrected chi connectivity index (χ0v) is 10.7. The highest BCUT2D eigenvalue weighted by Gasteiger charge is 1.95. The van der Waals surface area contributed by atoms with Gasteiger partial charge < -0.3 is 0 Å². The molecule has 1 heteroatoms. The van der Waals surface area contributed by atoms with Crippen LogP contribution in [0.3, 0.4) is 0 Å². The smallest absolute Gasteiger partial charge is 0.0406 e. The molecular formula is C14H25N. The molecule has 0 N–H and O–H groups in total. The van der Waals surface area contributed by atoms with Gasteiger partial charge in [0.15, 0.2) is 0 Å². The SMILES string of the molecule is CC.CCCCCc1cccc(CC)n1. The molecule has 1 heterocycles. The molecule has 0 aliphatic rings. The summed E-state index contributed by atoms with van der Waals surface area (Å²) in [6, 6.07) is 6.35. The molecule has 0 radical (unpaired) electrons. The van der Waals surface area contributed by atoms with Gasteiger partial charge in [-0.2, -0.15) is 0 Å². The minimum Gasteiger partial charge on any atom is -0.258 e. The van der Waals surface area contributed by atoms with Crippen LogP contribution >= 0.6 is 0 Å². The fourth-order valence-corrected chi connectivity index (χ4v) is 1.42.